The summed E-state index contributed by atoms with van der Waals surface area (Å²) in [4.78, 5) is 27.2. The summed E-state index contributed by atoms with van der Waals surface area (Å²) in [6.07, 6.45) is 4.46. The predicted molar refractivity (Wildman–Crippen MR) is 154 cm³/mol. The number of rotatable bonds is 5. The Kier molecular flexibility index (Phi) is 6.53. The van der Waals surface area contributed by atoms with E-state index in [1.165, 1.54) is 6.07 Å². The maximum absolute atomic E-state index is 13.8. The molecule has 7 rings (SSSR count). The van der Waals surface area contributed by atoms with E-state index in [9.17, 15) is 27.5 Å². The number of ketones is 1. The van der Waals surface area contributed by atoms with Crippen LogP contribution in [0.15, 0.2) is 53.8 Å². The van der Waals surface area contributed by atoms with Crippen molar-refractivity contribution in [3.8, 4) is 16.9 Å². The smallest absolute Gasteiger partial charge is 0.387 e. The Morgan fingerprint density at radius 3 is 2.48 bits per heavy atom. The number of hydrogen-bond donors (Lipinski definition) is 2. The van der Waals surface area contributed by atoms with Crippen LogP contribution in [-0.2, 0) is 12.0 Å². The van der Waals surface area contributed by atoms with Crippen LogP contribution in [0.3, 0.4) is 0 Å². The number of Topliss-reactive ketones (excluding diaryl/α,β-unsaturated/α-hetero) is 1. The lowest BCUT2D eigenvalue weighted by atomic mass is 9.62. The van der Waals surface area contributed by atoms with Gasteiger partial charge in [-0.2, -0.15) is 8.78 Å². The van der Waals surface area contributed by atoms with Crippen molar-refractivity contribution in [3.63, 3.8) is 0 Å². The lowest BCUT2D eigenvalue weighted by molar-refractivity contribution is -0.234. The zero-order chi connectivity index (χ0) is 31.2. The van der Waals surface area contributed by atoms with Crippen LogP contribution in [0.2, 0.25) is 0 Å². The van der Waals surface area contributed by atoms with Gasteiger partial charge in [0.25, 0.3) is 5.92 Å². The topological polar surface area (TPSA) is 111 Å². The third kappa shape index (κ3) is 4.54. The van der Waals surface area contributed by atoms with Gasteiger partial charge in [0.15, 0.2) is 5.78 Å². The Morgan fingerprint density at radius 1 is 1.07 bits per heavy atom. The van der Waals surface area contributed by atoms with Crippen LogP contribution in [0.1, 0.15) is 72.8 Å². The molecule has 230 valence electrons. The highest BCUT2D eigenvalue weighted by Gasteiger charge is 2.64. The van der Waals surface area contributed by atoms with Gasteiger partial charge >= 0.3 is 6.61 Å². The van der Waals surface area contributed by atoms with Crippen molar-refractivity contribution in [3.05, 3.63) is 71.3 Å². The molecule has 44 heavy (non-hydrogen) atoms. The van der Waals surface area contributed by atoms with Gasteiger partial charge in [-0.25, -0.2) is 18.7 Å². The second kappa shape index (κ2) is 9.90. The number of aliphatic hydroxyl groups is 1. The molecule has 0 radical (unpaired) electrons. The van der Waals surface area contributed by atoms with Crippen molar-refractivity contribution in [2.75, 3.05) is 0 Å². The predicted octanol–water partition coefficient (Wildman–Crippen LogP) is 6.35. The van der Waals surface area contributed by atoms with Crippen LogP contribution in [-0.4, -0.2) is 44.7 Å². The number of benzene rings is 2. The van der Waals surface area contributed by atoms with E-state index in [-0.39, 0.29) is 53.9 Å². The number of nitrogens with two attached hydrogens (primary N) is 1. The van der Waals surface area contributed by atoms with Gasteiger partial charge in [0, 0.05) is 66.4 Å². The minimum atomic E-state index is -3.29. The number of aromatic nitrogens is 2. The summed E-state index contributed by atoms with van der Waals surface area (Å²) in [5.41, 5.74) is 8.17. The summed E-state index contributed by atoms with van der Waals surface area (Å²) < 4.78 is 59.4. The Labute approximate surface area is 251 Å². The lowest BCUT2D eigenvalue weighted by Gasteiger charge is -2.52. The molecular weight excluding hydrogens is 576 g/mol. The number of carbonyl (C=O) groups excluding carboxylic acids is 1. The van der Waals surface area contributed by atoms with Crippen LogP contribution in [0.4, 0.5) is 23.2 Å². The van der Waals surface area contributed by atoms with Gasteiger partial charge < -0.3 is 15.6 Å². The van der Waals surface area contributed by atoms with Crippen LogP contribution in [0.5, 0.6) is 5.75 Å². The average molecular weight is 609 g/mol. The zero-order valence-corrected chi connectivity index (χ0v) is 24.2. The average Bonchev–Trinajstić information content (AvgIpc) is 3.30. The molecule has 1 aliphatic heterocycles. The van der Waals surface area contributed by atoms with Crippen molar-refractivity contribution >= 4 is 17.2 Å². The van der Waals surface area contributed by atoms with Gasteiger partial charge in [-0.1, -0.05) is 25.1 Å². The molecule has 4 aliphatic rings. The first-order valence-electron chi connectivity index (χ1n) is 14.8. The monoisotopic (exact) mass is 608 g/mol. The fourth-order valence-electron chi connectivity index (χ4n) is 7.81. The van der Waals surface area contributed by atoms with Gasteiger partial charge in [-0.15, -0.1) is 0 Å². The fourth-order valence-corrected chi connectivity index (χ4v) is 7.81. The maximum atomic E-state index is 13.8. The molecule has 3 N–H and O–H groups in total. The fraction of sp³-hybridized carbons (Fsp3) is 0.455. The van der Waals surface area contributed by atoms with Crippen LogP contribution < -0.4 is 10.5 Å². The summed E-state index contributed by atoms with van der Waals surface area (Å²) >= 11 is 0. The number of halogens is 4. The summed E-state index contributed by atoms with van der Waals surface area (Å²) in [6, 6.07) is 10.7. The van der Waals surface area contributed by atoms with E-state index in [1.54, 1.807) is 24.5 Å². The number of aliphatic imine (C=N–C) groups is 1. The first kappa shape index (κ1) is 29.0. The SMILES string of the molecule is C[C@@H]1CC2CC(c3c(OC(F)F)cccc3C1=O)[C@@H]1Cc3cc(-c4cnc(C5(N)CC(O)(C(C)(F)F)C5)nc4)ccc3N=C21. The summed E-state index contributed by atoms with van der Waals surface area (Å²) in [5, 5.41) is 10.2. The standard InChI is InChI=1S/C33H32F4N4O3/c1-16-8-19-11-22(26-21(28(16)42)4-3-5-25(26)44-30(34)35)23-10-18-9-17(6-7-24(18)41-27(19)23)20-12-39-29(40-13-20)32(38)14-33(43,15-32)31(2,36)37/h3-7,9,12-13,16,19,22-23,30,43H,8,10-11,14-15,38H2,1-2H3/t16-,19?,22?,23+,32?,33?/m1/s1. The molecule has 0 amide bonds. The molecule has 4 atom stereocenters. The summed E-state index contributed by atoms with van der Waals surface area (Å²) in [5.74, 6) is -3.61. The summed E-state index contributed by atoms with van der Waals surface area (Å²) in [6.45, 7) is -0.449. The normalized spacial score (nSPS) is 30.8. The Hall–Kier alpha value is -3.70. The molecule has 2 bridgehead atoms. The molecule has 1 aromatic heterocycles. The van der Waals surface area contributed by atoms with Crippen molar-refractivity contribution in [1.29, 1.82) is 0 Å². The van der Waals surface area contributed by atoms with Gasteiger partial charge in [0.05, 0.1) is 11.2 Å². The van der Waals surface area contributed by atoms with E-state index < -0.39 is 23.7 Å². The molecule has 0 spiro atoms. The van der Waals surface area contributed by atoms with Crippen molar-refractivity contribution in [1.82, 2.24) is 9.97 Å². The number of nitrogens with zero attached hydrogens (tertiary/aromatic N) is 3. The minimum absolute atomic E-state index is 0.0481. The second-order valence-corrected chi connectivity index (χ2v) is 13.1. The third-order valence-corrected chi connectivity index (χ3v) is 10.1. The highest BCUT2D eigenvalue weighted by Crippen LogP contribution is 2.54. The van der Waals surface area contributed by atoms with Crippen molar-refractivity contribution in [2.45, 2.75) is 75.5 Å². The number of hydrogen-bond acceptors (Lipinski definition) is 7. The van der Waals surface area contributed by atoms with E-state index in [0.717, 1.165) is 22.5 Å². The van der Waals surface area contributed by atoms with E-state index in [0.29, 0.717) is 42.9 Å². The molecule has 2 fully saturated rings. The molecule has 7 nitrogen and oxygen atoms in total. The largest absolute Gasteiger partial charge is 0.435 e. The molecule has 2 aromatic carbocycles. The van der Waals surface area contributed by atoms with Crippen molar-refractivity contribution < 1.29 is 32.2 Å². The van der Waals surface area contributed by atoms with Gasteiger partial charge in [0.2, 0.25) is 0 Å². The minimum Gasteiger partial charge on any atom is -0.435 e. The molecule has 3 aromatic rings. The Balaban J connectivity index is 1.20. The molecule has 2 unspecified atom stereocenters. The molecule has 2 heterocycles. The van der Waals surface area contributed by atoms with Gasteiger partial charge in [0.1, 0.15) is 17.2 Å². The van der Waals surface area contributed by atoms with E-state index in [2.05, 4.69) is 9.97 Å². The number of fused-ring (bicyclic) bond motifs is 8. The quantitative estimate of drug-likeness (QED) is 0.327. The highest BCUT2D eigenvalue weighted by molar-refractivity contribution is 6.03. The van der Waals surface area contributed by atoms with E-state index in [4.69, 9.17) is 15.5 Å². The molecule has 0 saturated heterocycles. The first-order chi connectivity index (χ1) is 20.8. The highest BCUT2D eigenvalue weighted by atomic mass is 19.3. The second-order valence-electron chi connectivity index (χ2n) is 13.1. The van der Waals surface area contributed by atoms with E-state index in [1.807, 2.05) is 25.1 Å². The van der Waals surface area contributed by atoms with Gasteiger partial charge in [-0.05, 0) is 60.4 Å². The Morgan fingerprint density at radius 2 is 1.80 bits per heavy atom. The van der Waals surface area contributed by atoms with Crippen LogP contribution >= 0.6 is 0 Å². The molecule has 2 saturated carbocycles. The van der Waals surface area contributed by atoms with E-state index >= 15 is 0 Å². The molecule has 3 aliphatic carbocycles. The first-order valence-corrected chi connectivity index (χ1v) is 14.8. The molecule has 11 heteroatoms. The summed E-state index contributed by atoms with van der Waals surface area (Å²) in [7, 11) is 0. The number of carbonyl (C=O) groups is 1. The third-order valence-electron chi connectivity index (χ3n) is 10.1. The molecular formula is C33H32F4N4O3. The Bertz CT molecular complexity index is 1680. The zero-order valence-electron chi connectivity index (χ0n) is 24.2. The van der Waals surface area contributed by atoms with Crippen molar-refractivity contribution in [2.24, 2.45) is 28.5 Å². The van der Waals surface area contributed by atoms with Gasteiger partial charge in [-0.3, -0.25) is 9.79 Å². The number of alkyl halides is 4. The van der Waals surface area contributed by atoms with Crippen LogP contribution in [0, 0.1) is 17.8 Å². The van der Waals surface area contributed by atoms with Crippen LogP contribution in [0.25, 0.3) is 11.1 Å². The maximum Gasteiger partial charge on any atom is 0.387 e. The number of ether oxygens (including phenoxy) is 1. The lowest BCUT2D eigenvalue weighted by Crippen LogP contribution is -2.66.